The van der Waals surface area contributed by atoms with E-state index in [1.807, 2.05) is 25.1 Å². The predicted molar refractivity (Wildman–Crippen MR) is 79.0 cm³/mol. The van der Waals surface area contributed by atoms with Gasteiger partial charge in [0, 0.05) is 12.4 Å². The Balaban J connectivity index is 1.68. The number of rotatable bonds is 3. The largest absolute Gasteiger partial charge is 0.451 e. The van der Waals surface area contributed by atoms with E-state index in [-0.39, 0.29) is 12.1 Å². The molecule has 124 valence electrons. The zero-order valence-corrected chi connectivity index (χ0v) is 12.5. The van der Waals surface area contributed by atoms with E-state index in [4.69, 9.17) is 0 Å². The minimum absolute atomic E-state index is 0.0602. The second-order valence-corrected chi connectivity index (χ2v) is 5.18. The molecule has 1 aromatic carbocycles. The lowest BCUT2D eigenvalue weighted by molar-refractivity contribution is -0.145. The zero-order chi connectivity index (χ0) is 17.3. The number of halogens is 3. The molecule has 24 heavy (non-hydrogen) atoms. The summed E-state index contributed by atoms with van der Waals surface area (Å²) in [5.74, 6) is -1.33. The van der Waals surface area contributed by atoms with Crippen molar-refractivity contribution in [2.24, 2.45) is 0 Å². The second-order valence-electron chi connectivity index (χ2n) is 5.18. The van der Waals surface area contributed by atoms with Crippen molar-refractivity contribution in [1.29, 1.82) is 0 Å². The third kappa shape index (κ3) is 3.34. The summed E-state index contributed by atoms with van der Waals surface area (Å²) in [4.78, 5) is 25.6. The Hall–Kier alpha value is -2.97. The summed E-state index contributed by atoms with van der Waals surface area (Å²) in [5.41, 5.74) is 2.62. The lowest BCUT2D eigenvalue weighted by Crippen LogP contribution is -2.24. The van der Waals surface area contributed by atoms with E-state index in [0.29, 0.717) is 5.82 Å². The quantitative estimate of drug-likeness (QED) is 0.771. The standard InChI is InChI=1S/C15H12F3N5O/c1-8-2-3-10-11(4-8)23-12(22-10)7-19-13(24)9-5-20-14(21-6-9)15(16,17)18/h2-6H,7H2,1H3,(H,19,24)(H,22,23). The van der Waals surface area contributed by atoms with Crippen molar-refractivity contribution in [3.63, 3.8) is 0 Å². The number of carbonyl (C=O) groups is 1. The molecule has 0 saturated heterocycles. The molecule has 9 heteroatoms. The van der Waals surface area contributed by atoms with Crippen molar-refractivity contribution >= 4 is 16.9 Å². The third-order valence-corrected chi connectivity index (χ3v) is 3.27. The molecule has 0 aliphatic carbocycles. The van der Waals surface area contributed by atoms with Crippen LogP contribution in [0, 0.1) is 6.92 Å². The molecule has 0 bridgehead atoms. The first-order valence-electron chi connectivity index (χ1n) is 6.95. The van der Waals surface area contributed by atoms with Crippen molar-refractivity contribution in [2.75, 3.05) is 0 Å². The first kappa shape index (κ1) is 15.9. The number of nitrogens with zero attached hydrogens (tertiary/aromatic N) is 3. The summed E-state index contributed by atoms with van der Waals surface area (Å²) in [7, 11) is 0. The molecule has 0 saturated carbocycles. The molecule has 2 heterocycles. The Morgan fingerprint density at radius 2 is 1.96 bits per heavy atom. The van der Waals surface area contributed by atoms with Gasteiger partial charge in [-0.2, -0.15) is 13.2 Å². The van der Waals surface area contributed by atoms with Gasteiger partial charge in [0.05, 0.1) is 23.1 Å². The molecule has 0 spiro atoms. The molecule has 6 nitrogen and oxygen atoms in total. The average molecular weight is 335 g/mol. The number of aryl methyl sites for hydroxylation is 1. The molecular formula is C15H12F3N5O. The van der Waals surface area contributed by atoms with Crippen molar-refractivity contribution < 1.29 is 18.0 Å². The predicted octanol–water partition coefficient (Wildman–Crippen LogP) is 2.61. The number of aromatic nitrogens is 4. The van der Waals surface area contributed by atoms with E-state index in [1.54, 1.807) is 0 Å². The fourth-order valence-electron chi connectivity index (χ4n) is 2.12. The molecule has 3 aromatic rings. The van der Waals surface area contributed by atoms with Crippen molar-refractivity contribution in [2.45, 2.75) is 19.6 Å². The highest BCUT2D eigenvalue weighted by atomic mass is 19.4. The van der Waals surface area contributed by atoms with E-state index in [2.05, 4.69) is 25.3 Å². The van der Waals surface area contributed by atoms with Crippen LogP contribution in [0.15, 0.2) is 30.6 Å². The topological polar surface area (TPSA) is 83.6 Å². The van der Waals surface area contributed by atoms with Gasteiger partial charge in [0.25, 0.3) is 5.91 Å². The van der Waals surface area contributed by atoms with E-state index < -0.39 is 17.9 Å². The van der Waals surface area contributed by atoms with Gasteiger partial charge in [-0.15, -0.1) is 0 Å². The first-order chi connectivity index (χ1) is 11.3. The second kappa shape index (κ2) is 5.91. The van der Waals surface area contributed by atoms with Crippen molar-refractivity contribution in [3.8, 4) is 0 Å². The van der Waals surface area contributed by atoms with Gasteiger partial charge >= 0.3 is 6.18 Å². The Morgan fingerprint density at radius 1 is 1.25 bits per heavy atom. The van der Waals surface area contributed by atoms with E-state index >= 15 is 0 Å². The fourth-order valence-corrected chi connectivity index (χ4v) is 2.12. The van der Waals surface area contributed by atoms with Gasteiger partial charge in [0.1, 0.15) is 5.82 Å². The monoisotopic (exact) mass is 335 g/mol. The highest BCUT2D eigenvalue weighted by molar-refractivity contribution is 5.93. The number of aromatic amines is 1. The van der Waals surface area contributed by atoms with Gasteiger partial charge in [-0.3, -0.25) is 4.79 Å². The number of imidazole rings is 1. The number of alkyl halides is 3. The summed E-state index contributed by atoms with van der Waals surface area (Å²) in [5, 5.41) is 2.56. The van der Waals surface area contributed by atoms with Crippen LogP contribution in [-0.4, -0.2) is 25.8 Å². The summed E-state index contributed by atoms with van der Waals surface area (Å²) < 4.78 is 37.1. The van der Waals surface area contributed by atoms with Gasteiger partial charge < -0.3 is 10.3 Å². The average Bonchev–Trinajstić information content (AvgIpc) is 2.94. The van der Waals surface area contributed by atoms with Crippen LogP contribution in [0.4, 0.5) is 13.2 Å². The summed E-state index contributed by atoms with van der Waals surface area (Å²) >= 11 is 0. The number of hydrogen-bond acceptors (Lipinski definition) is 4. The van der Waals surface area contributed by atoms with Crippen LogP contribution in [-0.2, 0) is 12.7 Å². The molecule has 0 aliphatic rings. The van der Waals surface area contributed by atoms with Crippen LogP contribution in [0.3, 0.4) is 0 Å². The Labute approximate surface area is 134 Å². The van der Waals surface area contributed by atoms with E-state index in [0.717, 1.165) is 29.0 Å². The number of amides is 1. The maximum atomic E-state index is 12.4. The normalized spacial score (nSPS) is 11.7. The minimum Gasteiger partial charge on any atom is -0.345 e. The molecule has 3 rings (SSSR count). The molecule has 0 atom stereocenters. The maximum Gasteiger partial charge on any atom is 0.451 e. The van der Waals surface area contributed by atoms with Crippen LogP contribution in [0.5, 0.6) is 0 Å². The molecule has 0 unspecified atom stereocenters. The number of carbonyl (C=O) groups excluding carboxylic acids is 1. The molecule has 0 aliphatic heterocycles. The van der Waals surface area contributed by atoms with Crippen LogP contribution in [0.25, 0.3) is 11.0 Å². The van der Waals surface area contributed by atoms with E-state index in [1.165, 1.54) is 0 Å². The van der Waals surface area contributed by atoms with Crippen molar-refractivity contribution in [1.82, 2.24) is 25.3 Å². The summed E-state index contributed by atoms with van der Waals surface area (Å²) in [6.07, 6.45) is -2.96. The minimum atomic E-state index is -4.64. The molecule has 2 aromatic heterocycles. The molecule has 0 radical (unpaired) electrons. The van der Waals surface area contributed by atoms with Gasteiger partial charge in [0.15, 0.2) is 0 Å². The van der Waals surface area contributed by atoms with E-state index in [9.17, 15) is 18.0 Å². The summed E-state index contributed by atoms with van der Waals surface area (Å²) in [6.45, 7) is 2.06. The zero-order valence-electron chi connectivity index (χ0n) is 12.5. The number of H-pyrrole nitrogens is 1. The summed E-state index contributed by atoms with van der Waals surface area (Å²) in [6, 6.07) is 5.71. The number of benzene rings is 1. The van der Waals surface area contributed by atoms with Crippen LogP contribution < -0.4 is 5.32 Å². The third-order valence-electron chi connectivity index (χ3n) is 3.27. The van der Waals surface area contributed by atoms with Gasteiger partial charge in [-0.25, -0.2) is 15.0 Å². The Kier molecular flexibility index (Phi) is 3.92. The number of hydrogen-bond donors (Lipinski definition) is 2. The Bertz CT molecular complexity index is 886. The lowest BCUT2D eigenvalue weighted by Gasteiger charge is -2.05. The first-order valence-corrected chi connectivity index (χ1v) is 6.95. The lowest BCUT2D eigenvalue weighted by atomic mass is 10.2. The SMILES string of the molecule is Cc1ccc2nc(CNC(=O)c3cnc(C(F)(F)F)nc3)[nH]c2c1. The number of nitrogens with one attached hydrogen (secondary N) is 2. The van der Waals surface area contributed by atoms with Crippen LogP contribution in [0.1, 0.15) is 27.6 Å². The van der Waals surface area contributed by atoms with Crippen molar-refractivity contribution in [3.05, 3.63) is 53.4 Å². The Morgan fingerprint density at radius 3 is 2.62 bits per heavy atom. The van der Waals surface area contributed by atoms with Gasteiger partial charge in [-0.05, 0) is 24.6 Å². The molecular weight excluding hydrogens is 323 g/mol. The maximum absolute atomic E-state index is 12.4. The highest BCUT2D eigenvalue weighted by Crippen LogP contribution is 2.25. The smallest absolute Gasteiger partial charge is 0.345 e. The number of fused-ring (bicyclic) bond motifs is 1. The fraction of sp³-hybridized carbons (Fsp3) is 0.200. The van der Waals surface area contributed by atoms with Gasteiger partial charge in [0.2, 0.25) is 5.82 Å². The highest BCUT2D eigenvalue weighted by Gasteiger charge is 2.34. The molecule has 2 N–H and O–H groups in total. The molecule has 0 fully saturated rings. The van der Waals surface area contributed by atoms with Crippen LogP contribution >= 0.6 is 0 Å². The van der Waals surface area contributed by atoms with Crippen LogP contribution in [0.2, 0.25) is 0 Å². The van der Waals surface area contributed by atoms with Gasteiger partial charge in [-0.1, -0.05) is 6.07 Å². The molecule has 1 amide bonds.